The number of nitrogens with two attached hydrogens (primary N) is 1. The third kappa shape index (κ3) is 1.21. The molecule has 1 heterocycles. The predicted molar refractivity (Wildman–Crippen MR) is 55.3 cm³/mol. The minimum atomic E-state index is 0.0357. The van der Waals surface area contributed by atoms with Crippen molar-refractivity contribution in [3.05, 3.63) is 35.5 Å². The van der Waals surface area contributed by atoms with Crippen molar-refractivity contribution in [2.45, 2.75) is 6.92 Å². The number of rotatable bonds is 1. The van der Waals surface area contributed by atoms with E-state index in [0.717, 1.165) is 10.9 Å². The van der Waals surface area contributed by atoms with E-state index >= 15 is 0 Å². The molecular weight excluding hydrogens is 176 g/mol. The molecule has 3 N–H and O–H groups in total. The number of aryl methyl sites for hydroxylation is 1. The summed E-state index contributed by atoms with van der Waals surface area (Å²) in [5, 5.41) is 16.3. The summed E-state index contributed by atoms with van der Waals surface area (Å²) in [5.41, 5.74) is 7.63. The summed E-state index contributed by atoms with van der Waals surface area (Å²) < 4.78 is 0. The molecule has 0 saturated carbocycles. The molecule has 2 rings (SSSR count). The number of aromatic nitrogens is 2. The molecule has 0 radical (unpaired) electrons. The van der Waals surface area contributed by atoms with Gasteiger partial charge in [0.2, 0.25) is 0 Å². The van der Waals surface area contributed by atoms with Gasteiger partial charge in [-0.25, -0.2) is 0 Å². The van der Waals surface area contributed by atoms with Crippen LogP contribution in [0.2, 0.25) is 0 Å². The molecule has 0 aliphatic rings. The lowest BCUT2D eigenvalue weighted by Gasteiger charge is -2.05. The molecular formula is C10H10N4. The van der Waals surface area contributed by atoms with Gasteiger partial charge in [-0.05, 0) is 13.0 Å². The SMILES string of the molecule is Cc1nnc2ccccc2c1C(=N)N. The van der Waals surface area contributed by atoms with Gasteiger partial charge in [-0.2, -0.15) is 10.2 Å². The van der Waals surface area contributed by atoms with Crippen LogP contribution in [-0.2, 0) is 0 Å². The zero-order valence-electron chi connectivity index (χ0n) is 7.78. The number of amidine groups is 1. The quantitative estimate of drug-likeness (QED) is 0.519. The second kappa shape index (κ2) is 3.06. The Balaban J connectivity index is 2.90. The highest BCUT2D eigenvalue weighted by Crippen LogP contribution is 2.17. The highest BCUT2D eigenvalue weighted by Gasteiger charge is 2.08. The Morgan fingerprint density at radius 1 is 1.29 bits per heavy atom. The summed E-state index contributed by atoms with van der Waals surface area (Å²) in [6, 6.07) is 7.54. The summed E-state index contributed by atoms with van der Waals surface area (Å²) in [6.45, 7) is 1.80. The second-order valence-corrected chi connectivity index (χ2v) is 3.09. The zero-order valence-corrected chi connectivity index (χ0v) is 7.78. The number of hydrogen-bond acceptors (Lipinski definition) is 3. The topological polar surface area (TPSA) is 75.7 Å². The van der Waals surface area contributed by atoms with Crippen molar-refractivity contribution in [1.82, 2.24) is 10.2 Å². The van der Waals surface area contributed by atoms with Gasteiger partial charge in [-0.15, -0.1) is 0 Å². The van der Waals surface area contributed by atoms with Crippen LogP contribution in [0.3, 0.4) is 0 Å². The van der Waals surface area contributed by atoms with Gasteiger partial charge in [0.25, 0.3) is 0 Å². The summed E-state index contributed by atoms with van der Waals surface area (Å²) in [6.07, 6.45) is 0. The molecule has 0 aliphatic carbocycles. The van der Waals surface area contributed by atoms with Crippen LogP contribution in [-0.4, -0.2) is 16.0 Å². The highest BCUT2D eigenvalue weighted by atomic mass is 15.1. The van der Waals surface area contributed by atoms with Crippen LogP contribution in [0.4, 0.5) is 0 Å². The van der Waals surface area contributed by atoms with Crippen molar-refractivity contribution in [3.8, 4) is 0 Å². The van der Waals surface area contributed by atoms with E-state index in [9.17, 15) is 0 Å². The van der Waals surface area contributed by atoms with E-state index in [1.807, 2.05) is 24.3 Å². The van der Waals surface area contributed by atoms with Gasteiger partial charge in [-0.1, -0.05) is 18.2 Å². The predicted octanol–water partition coefficient (Wildman–Crippen LogP) is 1.22. The Bertz CT molecular complexity index is 504. The maximum atomic E-state index is 7.47. The molecule has 0 unspecified atom stereocenters. The van der Waals surface area contributed by atoms with Crippen LogP contribution in [0.15, 0.2) is 24.3 Å². The van der Waals surface area contributed by atoms with Gasteiger partial charge in [0.05, 0.1) is 11.2 Å². The maximum absolute atomic E-state index is 7.47. The molecule has 0 saturated heterocycles. The van der Waals surface area contributed by atoms with E-state index < -0.39 is 0 Å². The number of benzene rings is 1. The van der Waals surface area contributed by atoms with Crippen molar-refractivity contribution in [1.29, 1.82) is 5.41 Å². The number of nitrogens with one attached hydrogen (secondary N) is 1. The van der Waals surface area contributed by atoms with Gasteiger partial charge in [0.15, 0.2) is 0 Å². The van der Waals surface area contributed by atoms with Crippen molar-refractivity contribution in [2.24, 2.45) is 5.73 Å². The average Bonchev–Trinajstić information content (AvgIpc) is 2.17. The molecule has 2 aromatic rings. The fourth-order valence-corrected chi connectivity index (χ4v) is 1.49. The summed E-state index contributed by atoms with van der Waals surface area (Å²) >= 11 is 0. The molecule has 0 spiro atoms. The van der Waals surface area contributed by atoms with Gasteiger partial charge >= 0.3 is 0 Å². The number of hydrogen-bond donors (Lipinski definition) is 2. The molecule has 0 atom stereocenters. The van der Waals surface area contributed by atoms with Gasteiger partial charge in [0, 0.05) is 10.9 Å². The lowest BCUT2D eigenvalue weighted by molar-refractivity contribution is 1.01. The average molecular weight is 186 g/mol. The van der Waals surface area contributed by atoms with Gasteiger partial charge in [0.1, 0.15) is 5.84 Å². The maximum Gasteiger partial charge on any atom is 0.125 e. The first-order chi connectivity index (χ1) is 6.70. The van der Waals surface area contributed by atoms with Crippen molar-refractivity contribution < 1.29 is 0 Å². The highest BCUT2D eigenvalue weighted by molar-refractivity contribution is 6.07. The van der Waals surface area contributed by atoms with Crippen LogP contribution in [0.1, 0.15) is 11.3 Å². The van der Waals surface area contributed by atoms with Gasteiger partial charge < -0.3 is 5.73 Å². The molecule has 4 heteroatoms. The monoisotopic (exact) mass is 186 g/mol. The van der Waals surface area contributed by atoms with Crippen LogP contribution in [0.25, 0.3) is 10.9 Å². The van der Waals surface area contributed by atoms with Crippen LogP contribution in [0, 0.1) is 12.3 Å². The Morgan fingerprint density at radius 3 is 2.71 bits per heavy atom. The van der Waals surface area contributed by atoms with Crippen LogP contribution < -0.4 is 5.73 Å². The Kier molecular flexibility index (Phi) is 1.89. The first-order valence-electron chi connectivity index (χ1n) is 4.26. The van der Waals surface area contributed by atoms with E-state index in [4.69, 9.17) is 11.1 Å². The van der Waals surface area contributed by atoms with Crippen molar-refractivity contribution >= 4 is 16.7 Å². The molecule has 0 amide bonds. The number of nitrogens with zero attached hydrogens (tertiary/aromatic N) is 2. The second-order valence-electron chi connectivity index (χ2n) is 3.09. The molecule has 1 aromatic carbocycles. The van der Waals surface area contributed by atoms with Gasteiger partial charge in [-0.3, -0.25) is 5.41 Å². The number of fused-ring (bicyclic) bond motifs is 1. The van der Waals surface area contributed by atoms with E-state index in [1.54, 1.807) is 6.92 Å². The summed E-state index contributed by atoms with van der Waals surface area (Å²) in [7, 11) is 0. The molecule has 0 fully saturated rings. The molecule has 0 aliphatic heterocycles. The zero-order chi connectivity index (χ0) is 10.1. The van der Waals surface area contributed by atoms with E-state index in [0.29, 0.717) is 11.3 Å². The Hall–Kier alpha value is -1.97. The Morgan fingerprint density at radius 2 is 2.00 bits per heavy atom. The first-order valence-corrected chi connectivity index (χ1v) is 4.26. The normalized spacial score (nSPS) is 10.4. The lowest BCUT2D eigenvalue weighted by Crippen LogP contribution is -2.14. The standard InChI is InChI=1S/C10H10N4/c1-6-9(10(11)12)7-4-2-3-5-8(7)14-13-6/h2-5H,1H3,(H3,11,12). The lowest BCUT2D eigenvalue weighted by atomic mass is 10.1. The third-order valence-electron chi connectivity index (χ3n) is 2.11. The molecule has 14 heavy (non-hydrogen) atoms. The minimum absolute atomic E-state index is 0.0357. The molecule has 0 bridgehead atoms. The van der Waals surface area contributed by atoms with E-state index in [-0.39, 0.29) is 5.84 Å². The van der Waals surface area contributed by atoms with Crippen LogP contribution >= 0.6 is 0 Å². The largest absolute Gasteiger partial charge is 0.384 e. The molecule has 4 nitrogen and oxygen atoms in total. The van der Waals surface area contributed by atoms with E-state index in [1.165, 1.54) is 0 Å². The summed E-state index contributed by atoms with van der Waals surface area (Å²) in [4.78, 5) is 0. The fraction of sp³-hybridized carbons (Fsp3) is 0.100. The molecule has 1 aromatic heterocycles. The summed E-state index contributed by atoms with van der Waals surface area (Å²) in [5.74, 6) is 0.0357. The molecule has 70 valence electrons. The third-order valence-corrected chi connectivity index (χ3v) is 2.11. The van der Waals surface area contributed by atoms with Crippen molar-refractivity contribution in [2.75, 3.05) is 0 Å². The smallest absolute Gasteiger partial charge is 0.125 e. The van der Waals surface area contributed by atoms with E-state index in [2.05, 4.69) is 10.2 Å². The Labute approximate surface area is 81.3 Å². The minimum Gasteiger partial charge on any atom is -0.384 e. The fourth-order valence-electron chi connectivity index (χ4n) is 1.49. The van der Waals surface area contributed by atoms with Crippen LogP contribution in [0.5, 0.6) is 0 Å². The van der Waals surface area contributed by atoms with Crippen molar-refractivity contribution in [3.63, 3.8) is 0 Å². The number of nitrogen functional groups attached to an aromatic ring is 1. The first kappa shape index (κ1) is 8.62.